The fourth-order valence-corrected chi connectivity index (χ4v) is 2.25. The number of aromatic nitrogens is 3. The van der Waals surface area contributed by atoms with Crippen LogP contribution in [-0.4, -0.2) is 20.5 Å². The van der Waals surface area contributed by atoms with E-state index in [1.807, 2.05) is 31.2 Å². The Morgan fingerprint density at radius 3 is 2.95 bits per heavy atom. The van der Waals surface area contributed by atoms with Gasteiger partial charge in [0.05, 0.1) is 6.20 Å². The average Bonchev–Trinajstić information content (AvgIpc) is 2.96. The number of fused-ring (bicyclic) bond motifs is 1. The maximum Gasteiger partial charge on any atom is 0.274 e. The van der Waals surface area contributed by atoms with Crippen molar-refractivity contribution in [3.8, 4) is 0 Å². The first-order chi connectivity index (χ1) is 10.2. The second-order valence-electron chi connectivity index (χ2n) is 4.89. The van der Waals surface area contributed by atoms with Crippen molar-refractivity contribution in [3.05, 3.63) is 59.5 Å². The van der Waals surface area contributed by atoms with Gasteiger partial charge in [0, 0.05) is 17.4 Å². The lowest BCUT2D eigenvalue weighted by molar-refractivity contribution is 0.102. The van der Waals surface area contributed by atoms with E-state index in [4.69, 9.17) is 0 Å². The Kier molecular flexibility index (Phi) is 3.39. The first-order valence-corrected chi connectivity index (χ1v) is 6.89. The highest BCUT2D eigenvalue weighted by Crippen LogP contribution is 2.13. The van der Waals surface area contributed by atoms with Crippen LogP contribution in [0.15, 0.2) is 42.6 Å². The highest BCUT2D eigenvalue weighted by Gasteiger charge is 2.11. The molecule has 2 heterocycles. The molecule has 0 saturated heterocycles. The topological polar surface area (TPSA) is 59.3 Å². The van der Waals surface area contributed by atoms with Crippen molar-refractivity contribution in [3.63, 3.8) is 0 Å². The monoisotopic (exact) mass is 280 g/mol. The van der Waals surface area contributed by atoms with Crippen LogP contribution in [0.1, 0.15) is 28.7 Å². The molecule has 0 aliphatic carbocycles. The molecular formula is C16H16N4O. The molecule has 3 aromatic rings. The van der Waals surface area contributed by atoms with E-state index in [0.29, 0.717) is 11.3 Å². The average molecular weight is 280 g/mol. The number of hydrogen-bond acceptors (Lipinski definition) is 3. The Balaban J connectivity index is 1.89. The number of carbonyl (C=O) groups is 1. The number of nitrogens with zero attached hydrogens (tertiary/aromatic N) is 3. The van der Waals surface area contributed by atoms with Crippen molar-refractivity contribution >= 4 is 17.2 Å². The first-order valence-electron chi connectivity index (χ1n) is 6.89. The van der Waals surface area contributed by atoms with Crippen LogP contribution in [0, 0.1) is 6.92 Å². The molecule has 0 fully saturated rings. The Morgan fingerprint density at radius 1 is 1.29 bits per heavy atom. The quantitative estimate of drug-likeness (QED) is 0.802. The number of benzene rings is 1. The van der Waals surface area contributed by atoms with Crippen molar-refractivity contribution in [1.82, 2.24) is 14.6 Å². The van der Waals surface area contributed by atoms with Gasteiger partial charge in [-0.05, 0) is 37.1 Å². The lowest BCUT2D eigenvalue weighted by Crippen LogP contribution is -2.15. The molecule has 5 heteroatoms. The molecule has 0 atom stereocenters. The Morgan fingerprint density at radius 2 is 2.14 bits per heavy atom. The minimum atomic E-state index is -0.213. The molecule has 0 radical (unpaired) electrons. The van der Waals surface area contributed by atoms with E-state index in [2.05, 4.69) is 22.3 Å². The SMILES string of the molecule is CCc1cccc(NC(=O)c2cc(C)n3nccc3n2)c1. The van der Waals surface area contributed by atoms with E-state index < -0.39 is 0 Å². The fourth-order valence-electron chi connectivity index (χ4n) is 2.25. The van der Waals surface area contributed by atoms with Crippen molar-refractivity contribution in [2.75, 3.05) is 5.32 Å². The molecule has 1 amide bonds. The largest absolute Gasteiger partial charge is 0.321 e. The van der Waals surface area contributed by atoms with E-state index >= 15 is 0 Å². The van der Waals surface area contributed by atoms with Gasteiger partial charge < -0.3 is 5.32 Å². The zero-order valence-corrected chi connectivity index (χ0v) is 12.0. The molecule has 0 unspecified atom stereocenters. The van der Waals surface area contributed by atoms with Gasteiger partial charge in [-0.15, -0.1) is 0 Å². The third-order valence-electron chi connectivity index (χ3n) is 3.36. The molecule has 2 aromatic heterocycles. The van der Waals surface area contributed by atoms with E-state index in [0.717, 1.165) is 17.8 Å². The van der Waals surface area contributed by atoms with Gasteiger partial charge in [-0.25, -0.2) is 9.50 Å². The van der Waals surface area contributed by atoms with Crippen molar-refractivity contribution < 1.29 is 4.79 Å². The van der Waals surface area contributed by atoms with Crippen LogP contribution in [0.25, 0.3) is 5.65 Å². The van der Waals surface area contributed by atoms with Crippen molar-refractivity contribution in [1.29, 1.82) is 0 Å². The summed E-state index contributed by atoms with van der Waals surface area (Å²) in [5.41, 5.74) is 3.90. The first kappa shape index (κ1) is 13.3. The number of hydrogen-bond donors (Lipinski definition) is 1. The molecule has 0 aliphatic heterocycles. The van der Waals surface area contributed by atoms with Crippen LogP contribution >= 0.6 is 0 Å². The van der Waals surface area contributed by atoms with Gasteiger partial charge >= 0.3 is 0 Å². The summed E-state index contributed by atoms with van der Waals surface area (Å²) in [6.45, 7) is 3.98. The van der Waals surface area contributed by atoms with Crippen LogP contribution in [0.4, 0.5) is 5.69 Å². The highest BCUT2D eigenvalue weighted by atomic mass is 16.1. The number of carbonyl (C=O) groups excluding carboxylic acids is 1. The Bertz CT molecular complexity index is 807. The van der Waals surface area contributed by atoms with E-state index in [9.17, 15) is 4.79 Å². The Hall–Kier alpha value is -2.69. The number of aryl methyl sites for hydroxylation is 2. The van der Waals surface area contributed by atoms with Gasteiger partial charge in [0.15, 0.2) is 5.65 Å². The molecule has 106 valence electrons. The molecule has 5 nitrogen and oxygen atoms in total. The van der Waals surface area contributed by atoms with Crippen molar-refractivity contribution in [2.45, 2.75) is 20.3 Å². The third-order valence-corrected chi connectivity index (χ3v) is 3.36. The fraction of sp³-hybridized carbons (Fsp3) is 0.188. The van der Waals surface area contributed by atoms with Crippen LogP contribution in [0.2, 0.25) is 0 Å². The Labute approximate surface area is 122 Å². The maximum absolute atomic E-state index is 12.3. The second-order valence-corrected chi connectivity index (χ2v) is 4.89. The normalized spacial score (nSPS) is 10.8. The van der Waals surface area contributed by atoms with Gasteiger partial charge in [-0.3, -0.25) is 4.79 Å². The summed E-state index contributed by atoms with van der Waals surface area (Å²) in [5, 5.41) is 7.03. The smallest absolute Gasteiger partial charge is 0.274 e. The molecule has 0 saturated carbocycles. The van der Waals surface area contributed by atoms with Gasteiger partial charge in [0.2, 0.25) is 0 Å². The standard InChI is InChI=1S/C16H16N4O/c1-3-12-5-4-6-13(10-12)18-16(21)14-9-11(2)20-15(19-14)7-8-17-20/h4-10H,3H2,1-2H3,(H,18,21). The number of amides is 1. The van der Waals surface area contributed by atoms with Crippen molar-refractivity contribution in [2.24, 2.45) is 0 Å². The minimum absolute atomic E-state index is 0.213. The third kappa shape index (κ3) is 2.63. The van der Waals surface area contributed by atoms with Gasteiger partial charge in [0.25, 0.3) is 5.91 Å². The summed E-state index contributed by atoms with van der Waals surface area (Å²) in [6.07, 6.45) is 2.60. The summed E-state index contributed by atoms with van der Waals surface area (Å²) >= 11 is 0. The van der Waals surface area contributed by atoms with Gasteiger partial charge in [-0.2, -0.15) is 5.10 Å². The summed E-state index contributed by atoms with van der Waals surface area (Å²) in [5.74, 6) is -0.213. The summed E-state index contributed by atoms with van der Waals surface area (Å²) in [6, 6.07) is 11.3. The minimum Gasteiger partial charge on any atom is -0.321 e. The molecule has 0 aliphatic rings. The van der Waals surface area contributed by atoms with Crippen LogP contribution in [0.3, 0.4) is 0 Å². The number of anilines is 1. The van der Waals surface area contributed by atoms with Gasteiger partial charge in [0.1, 0.15) is 5.69 Å². The molecular weight excluding hydrogens is 264 g/mol. The number of rotatable bonds is 3. The van der Waals surface area contributed by atoms with Gasteiger partial charge in [-0.1, -0.05) is 19.1 Å². The number of nitrogens with one attached hydrogen (secondary N) is 1. The lowest BCUT2D eigenvalue weighted by atomic mass is 10.1. The molecule has 21 heavy (non-hydrogen) atoms. The zero-order valence-electron chi connectivity index (χ0n) is 12.0. The van der Waals surface area contributed by atoms with Crippen LogP contribution in [-0.2, 0) is 6.42 Å². The predicted molar refractivity (Wildman–Crippen MR) is 81.5 cm³/mol. The maximum atomic E-state index is 12.3. The molecule has 1 N–H and O–H groups in total. The molecule has 3 rings (SSSR count). The molecule has 1 aromatic carbocycles. The highest BCUT2D eigenvalue weighted by molar-refractivity contribution is 6.03. The van der Waals surface area contributed by atoms with Crippen LogP contribution in [0.5, 0.6) is 0 Å². The summed E-state index contributed by atoms with van der Waals surface area (Å²) < 4.78 is 1.70. The second kappa shape index (κ2) is 5.36. The summed E-state index contributed by atoms with van der Waals surface area (Å²) in [4.78, 5) is 16.7. The summed E-state index contributed by atoms with van der Waals surface area (Å²) in [7, 11) is 0. The molecule has 0 bridgehead atoms. The lowest BCUT2D eigenvalue weighted by Gasteiger charge is -2.07. The molecule has 0 spiro atoms. The van der Waals surface area contributed by atoms with E-state index in [-0.39, 0.29) is 5.91 Å². The van der Waals surface area contributed by atoms with Crippen LogP contribution < -0.4 is 5.32 Å². The zero-order chi connectivity index (χ0) is 14.8. The van der Waals surface area contributed by atoms with E-state index in [1.54, 1.807) is 22.8 Å². The predicted octanol–water partition coefficient (Wildman–Crippen LogP) is 2.85. The van der Waals surface area contributed by atoms with E-state index in [1.165, 1.54) is 5.56 Å².